The highest BCUT2D eigenvalue weighted by molar-refractivity contribution is 7.99. The van der Waals surface area contributed by atoms with Crippen molar-refractivity contribution in [2.24, 2.45) is 0 Å². The van der Waals surface area contributed by atoms with Crippen molar-refractivity contribution in [1.29, 1.82) is 0 Å². The minimum atomic E-state index is -4.47. The van der Waals surface area contributed by atoms with Crippen molar-refractivity contribution < 1.29 is 18.0 Å². The van der Waals surface area contributed by atoms with E-state index in [0.29, 0.717) is 21.3 Å². The number of anilines is 1. The molecule has 4 aromatic rings. The van der Waals surface area contributed by atoms with Crippen LogP contribution in [0.4, 0.5) is 19.0 Å². The highest BCUT2D eigenvalue weighted by Gasteiger charge is 2.37. The molecular formula is C33H39F3N4OS2. The molecule has 1 atom stereocenters. The number of hydrogen-bond donors (Lipinski definition) is 2. The number of halogens is 3. The molecule has 43 heavy (non-hydrogen) atoms. The van der Waals surface area contributed by atoms with Crippen LogP contribution in [0.25, 0.3) is 21.3 Å². The zero-order valence-corrected chi connectivity index (χ0v) is 26.4. The fourth-order valence-corrected chi connectivity index (χ4v) is 7.82. The second-order valence-electron chi connectivity index (χ2n) is 11.1. The van der Waals surface area contributed by atoms with E-state index in [4.69, 9.17) is 0 Å². The van der Waals surface area contributed by atoms with Gasteiger partial charge >= 0.3 is 6.18 Å². The fraction of sp³-hybridized carbons (Fsp3) is 0.455. The van der Waals surface area contributed by atoms with Crippen molar-refractivity contribution in [1.82, 2.24) is 14.9 Å². The van der Waals surface area contributed by atoms with Crippen molar-refractivity contribution in [3.63, 3.8) is 0 Å². The summed E-state index contributed by atoms with van der Waals surface area (Å²) in [4.78, 5) is 24.5. The van der Waals surface area contributed by atoms with Gasteiger partial charge < -0.3 is 15.2 Å². The maximum Gasteiger partial charge on any atom is 0.416 e. The number of H-pyrrole nitrogens is 1. The molecule has 10 heteroatoms. The smallest absolute Gasteiger partial charge is 0.371 e. The Kier molecular flexibility index (Phi) is 10.4. The number of aryl methyl sites for hydroxylation is 1. The van der Waals surface area contributed by atoms with Crippen molar-refractivity contribution in [2.45, 2.75) is 77.4 Å². The second kappa shape index (κ2) is 14.2. The number of nitrogens with one attached hydrogen (secondary N) is 2. The third kappa shape index (κ3) is 7.40. The molecule has 1 aliphatic rings. The van der Waals surface area contributed by atoms with Crippen molar-refractivity contribution in [3.8, 4) is 10.4 Å². The fourth-order valence-electron chi connectivity index (χ4n) is 5.74. The number of aromatic nitrogens is 2. The van der Waals surface area contributed by atoms with Crippen LogP contribution in [0.15, 0.2) is 48.5 Å². The number of carbonyl (C=O) groups excluding carboxylic acids is 1. The molecule has 0 spiro atoms. The number of fused-ring (bicyclic) bond motifs is 1. The average molecular weight is 629 g/mol. The third-order valence-corrected chi connectivity index (χ3v) is 9.98. The van der Waals surface area contributed by atoms with Gasteiger partial charge in [-0.05, 0) is 37.1 Å². The molecule has 3 heterocycles. The molecule has 0 bridgehead atoms. The molecular weight excluding hydrogens is 590 g/mol. The minimum absolute atomic E-state index is 0.203. The SMILES string of the molecule is CCCCCCCCCCNc1[nH]c2ccccc2c1[C@@H]1CSCN1C(=O)c1nc(C)sc1-c1cccc(C(F)(F)F)c1. The maximum absolute atomic E-state index is 14.1. The molecule has 5 nitrogen and oxygen atoms in total. The van der Waals surface area contributed by atoms with Gasteiger partial charge in [0.15, 0.2) is 0 Å². The lowest BCUT2D eigenvalue weighted by Crippen LogP contribution is -2.32. The number of benzene rings is 2. The Morgan fingerprint density at radius 2 is 1.79 bits per heavy atom. The largest absolute Gasteiger partial charge is 0.416 e. The summed E-state index contributed by atoms with van der Waals surface area (Å²) < 4.78 is 40.4. The molecule has 0 radical (unpaired) electrons. The summed E-state index contributed by atoms with van der Waals surface area (Å²) in [6, 6.07) is 13.1. The molecule has 0 aliphatic carbocycles. The first-order valence-electron chi connectivity index (χ1n) is 15.2. The lowest BCUT2D eigenvalue weighted by atomic mass is 10.0. The van der Waals surface area contributed by atoms with E-state index < -0.39 is 11.7 Å². The van der Waals surface area contributed by atoms with Crippen LogP contribution >= 0.6 is 23.1 Å². The summed E-state index contributed by atoms with van der Waals surface area (Å²) >= 11 is 2.93. The second-order valence-corrected chi connectivity index (χ2v) is 13.3. The zero-order chi connectivity index (χ0) is 30.4. The predicted octanol–water partition coefficient (Wildman–Crippen LogP) is 10.1. The number of rotatable bonds is 13. The lowest BCUT2D eigenvalue weighted by Gasteiger charge is -2.25. The monoisotopic (exact) mass is 628 g/mol. The number of thioether (sulfide) groups is 1. The van der Waals surface area contributed by atoms with Crippen LogP contribution in [-0.2, 0) is 6.18 Å². The first-order valence-corrected chi connectivity index (χ1v) is 17.1. The van der Waals surface area contributed by atoms with E-state index in [1.54, 1.807) is 24.8 Å². The number of amides is 1. The Morgan fingerprint density at radius 3 is 2.56 bits per heavy atom. The molecule has 1 amide bonds. The maximum atomic E-state index is 14.1. The van der Waals surface area contributed by atoms with E-state index in [-0.39, 0.29) is 17.6 Å². The highest BCUT2D eigenvalue weighted by Crippen LogP contribution is 2.43. The van der Waals surface area contributed by atoms with Gasteiger partial charge in [-0.15, -0.1) is 23.1 Å². The number of alkyl halides is 3. The average Bonchev–Trinajstić information content (AvgIpc) is 3.72. The van der Waals surface area contributed by atoms with E-state index in [1.165, 1.54) is 62.3 Å². The Balaban J connectivity index is 1.36. The van der Waals surface area contributed by atoms with Gasteiger partial charge in [-0.25, -0.2) is 4.98 Å². The molecule has 0 saturated carbocycles. The number of hydrogen-bond acceptors (Lipinski definition) is 5. The Morgan fingerprint density at radius 1 is 1.05 bits per heavy atom. The molecule has 230 valence electrons. The molecule has 1 saturated heterocycles. The summed E-state index contributed by atoms with van der Waals surface area (Å²) in [6.45, 7) is 4.86. The van der Waals surface area contributed by atoms with Gasteiger partial charge in [-0.2, -0.15) is 13.2 Å². The molecule has 1 aliphatic heterocycles. The molecule has 1 fully saturated rings. The van der Waals surface area contributed by atoms with Gasteiger partial charge in [-0.1, -0.05) is 82.2 Å². The minimum Gasteiger partial charge on any atom is -0.371 e. The van der Waals surface area contributed by atoms with Crippen LogP contribution < -0.4 is 5.32 Å². The van der Waals surface area contributed by atoms with Gasteiger partial charge in [0.1, 0.15) is 11.5 Å². The molecule has 0 unspecified atom stereocenters. The standard InChI is InChI=1S/C33H39F3N4OS2/c1-3-4-5-6-7-8-9-12-18-37-31-28(25-16-10-11-17-26(25)39-31)27-20-42-21-40(27)32(41)29-30(43-22(2)38-29)23-14-13-15-24(19-23)33(34,35)36/h10-11,13-17,19,27,37,39H,3-9,12,18,20-21H2,1-2H3/t27-/m0/s1. The summed E-state index contributed by atoms with van der Waals surface area (Å²) in [6.07, 6.45) is 5.53. The quantitative estimate of drug-likeness (QED) is 0.145. The summed E-state index contributed by atoms with van der Waals surface area (Å²) in [7, 11) is 0. The predicted molar refractivity (Wildman–Crippen MR) is 173 cm³/mol. The van der Waals surface area contributed by atoms with E-state index >= 15 is 0 Å². The number of carbonyl (C=O) groups is 1. The van der Waals surface area contributed by atoms with Crippen LogP contribution in [0.5, 0.6) is 0 Å². The Bertz CT molecular complexity index is 1530. The number of thiazole rings is 1. The number of nitrogens with zero attached hydrogens (tertiary/aromatic N) is 2. The number of aromatic amines is 1. The number of unbranched alkanes of at least 4 members (excludes halogenated alkanes) is 7. The topological polar surface area (TPSA) is 61.0 Å². The summed E-state index contributed by atoms with van der Waals surface area (Å²) in [5.74, 6) is 1.88. The molecule has 5 rings (SSSR count). The van der Waals surface area contributed by atoms with E-state index in [0.717, 1.165) is 53.1 Å². The van der Waals surface area contributed by atoms with Gasteiger partial charge in [0, 0.05) is 28.8 Å². The lowest BCUT2D eigenvalue weighted by molar-refractivity contribution is -0.137. The zero-order valence-electron chi connectivity index (χ0n) is 24.7. The van der Waals surface area contributed by atoms with Crippen LogP contribution in [0.3, 0.4) is 0 Å². The normalized spacial score (nSPS) is 15.5. The van der Waals surface area contributed by atoms with Crippen LogP contribution in [0.1, 0.15) is 91.0 Å². The third-order valence-electron chi connectivity index (χ3n) is 7.94. The summed E-state index contributed by atoms with van der Waals surface area (Å²) in [5.41, 5.74) is 1.89. The van der Waals surface area contributed by atoms with Crippen molar-refractivity contribution in [2.75, 3.05) is 23.5 Å². The van der Waals surface area contributed by atoms with Gasteiger partial charge in [0.2, 0.25) is 0 Å². The van der Waals surface area contributed by atoms with E-state index in [9.17, 15) is 18.0 Å². The molecule has 2 aromatic heterocycles. The molecule has 2 N–H and O–H groups in total. The first-order chi connectivity index (χ1) is 20.8. The van der Waals surface area contributed by atoms with Crippen LogP contribution in [0, 0.1) is 6.92 Å². The van der Waals surface area contributed by atoms with Crippen molar-refractivity contribution >= 4 is 45.7 Å². The Labute approximate surface area is 259 Å². The number of para-hydroxylation sites is 1. The van der Waals surface area contributed by atoms with Gasteiger partial charge in [0.25, 0.3) is 5.91 Å². The van der Waals surface area contributed by atoms with Crippen molar-refractivity contribution in [3.05, 3.63) is 70.4 Å². The Hall–Kier alpha value is -2.98. The first kappa shape index (κ1) is 31.4. The molecule has 2 aromatic carbocycles. The van der Waals surface area contributed by atoms with Gasteiger partial charge in [-0.3, -0.25) is 4.79 Å². The highest BCUT2D eigenvalue weighted by atomic mass is 32.2. The van der Waals surface area contributed by atoms with E-state index in [1.807, 2.05) is 23.1 Å². The summed E-state index contributed by atoms with van der Waals surface area (Å²) in [5, 5.41) is 5.34. The van der Waals surface area contributed by atoms with Crippen LogP contribution in [0.2, 0.25) is 0 Å². The van der Waals surface area contributed by atoms with Crippen LogP contribution in [-0.4, -0.2) is 38.9 Å². The van der Waals surface area contributed by atoms with E-state index in [2.05, 4.69) is 28.3 Å². The van der Waals surface area contributed by atoms with Gasteiger partial charge in [0.05, 0.1) is 27.4 Å².